The van der Waals surface area contributed by atoms with Gasteiger partial charge in [0.2, 0.25) is 0 Å². The Balaban J connectivity index is 1.57. The van der Waals surface area contributed by atoms with Crippen LogP contribution in [0.5, 0.6) is 0 Å². The van der Waals surface area contributed by atoms with Crippen LogP contribution in [-0.2, 0) is 13.5 Å². The van der Waals surface area contributed by atoms with E-state index in [0.717, 1.165) is 35.5 Å². The van der Waals surface area contributed by atoms with E-state index in [0.29, 0.717) is 24.7 Å². The van der Waals surface area contributed by atoms with Gasteiger partial charge in [0.05, 0.1) is 11.6 Å². The number of fused-ring (bicyclic) bond motifs is 1. The lowest BCUT2D eigenvalue weighted by atomic mass is 10.1. The van der Waals surface area contributed by atoms with Gasteiger partial charge in [-0.25, -0.2) is 15.0 Å². The number of H-pyrrole nitrogens is 1. The molecule has 4 rings (SSSR count). The number of nitrogens with zero attached hydrogens (tertiary/aromatic N) is 5. The van der Waals surface area contributed by atoms with E-state index in [-0.39, 0.29) is 11.4 Å². The van der Waals surface area contributed by atoms with Gasteiger partial charge in [0.25, 0.3) is 5.56 Å². The largest absolute Gasteiger partial charge is 0.383 e. The molecule has 1 saturated carbocycles. The maximum atomic E-state index is 11.5. The van der Waals surface area contributed by atoms with Crippen LogP contribution in [0.1, 0.15) is 43.3 Å². The highest BCUT2D eigenvalue weighted by molar-refractivity contribution is 5.86. The highest BCUT2D eigenvalue weighted by Crippen LogP contribution is 2.34. The molecule has 26 heavy (non-hydrogen) atoms. The maximum Gasteiger partial charge on any atom is 0.252 e. The van der Waals surface area contributed by atoms with Gasteiger partial charge in [-0.1, -0.05) is 12.8 Å². The molecule has 1 aliphatic rings. The average Bonchev–Trinajstić information content (AvgIpc) is 3.24. The summed E-state index contributed by atoms with van der Waals surface area (Å²) in [6, 6.07) is 1.27. The summed E-state index contributed by atoms with van der Waals surface area (Å²) in [5, 5.41) is 8.55. The van der Waals surface area contributed by atoms with E-state index >= 15 is 0 Å². The smallest absolute Gasteiger partial charge is 0.252 e. The topological polar surface area (TPSA) is 127 Å². The molecule has 0 atom stereocenters. The number of rotatable bonds is 5. The van der Waals surface area contributed by atoms with Gasteiger partial charge in [-0.15, -0.1) is 0 Å². The SMILES string of the molecule is Cn1ncc2c(NCCc3nc(N)cc(=O)[nH]3)nc(C3CCCC3)nc21. The number of anilines is 2. The van der Waals surface area contributed by atoms with Crippen molar-refractivity contribution in [2.45, 2.75) is 38.0 Å². The fraction of sp³-hybridized carbons (Fsp3) is 0.471. The molecule has 136 valence electrons. The number of aromatic amines is 1. The van der Waals surface area contributed by atoms with Gasteiger partial charge in [0.1, 0.15) is 23.3 Å². The third kappa shape index (κ3) is 3.24. The van der Waals surface area contributed by atoms with E-state index in [2.05, 4.69) is 20.4 Å². The van der Waals surface area contributed by atoms with Crippen LogP contribution in [0.15, 0.2) is 17.1 Å². The van der Waals surface area contributed by atoms with E-state index < -0.39 is 0 Å². The van der Waals surface area contributed by atoms with Crippen LogP contribution < -0.4 is 16.6 Å². The third-order valence-electron chi connectivity index (χ3n) is 4.79. The van der Waals surface area contributed by atoms with Gasteiger partial charge in [-0.3, -0.25) is 9.48 Å². The molecule has 4 N–H and O–H groups in total. The van der Waals surface area contributed by atoms with Crippen molar-refractivity contribution in [2.75, 3.05) is 17.6 Å². The van der Waals surface area contributed by atoms with Crippen molar-refractivity contribution < 1.29 is 0 Å². The lowest BCUT2D eigenvalue weighted by Gasteiger charge is -2.12. The first-order valence-electron chi connectivity index (χ1n) is 8.89. The Kier molecular flexibility index (Phi) is 4.27. The van der Waals surface area contributed by atoms with E-state index in [1.165, 1.54) is 18.9 Å². The quantitative estimate of drug-likeness (QED) is 0.631. The van der Waals surface area contributed by atoms with E-state index in [1.54, 1.807) is 10.9 Å². The zero-order chi connectivity index (χ0) is 18.1. The van der Waals surface area contributed by atoms with Crippen LogP contribution >= 0.6 is 0 Å². The van der Waals surface area contributed by atoms with Crippen LogP contribution in [0.25, 0.3) is 11.0 Å². The van der Waals surface area contributed by atoms with Gasteiger partial charge in [-0.2, -0.15) is 5.10 Å². The Morgan fingerprint density at radius 3 is 2.88 bits per heavy atom. The minimum atomic E-state index is -0.243. The summed E-state index contributed by atoms with van der Waals surface area (Å²) in [5.41, 5.74) is 6.22. The minimum Gasteiger partial charge on any atom is -0.383 e. The molecule has 0 aromatic carbocycles. The predicted molar refractivity (Wildman–Crippen MR) is 99.0 cm³/mol. The molecule has 0 bridgehead atoms. The summed E-state index contributed by atoms with van der Waals surface area (Å²) in [5.74, 6) is 2.86. The molecule has 0 radical (unpaired) electrons. The van der Waals surface area contributed by atoms with E-state index in [1.807, 2.05) is 7.05 Å². The van der Waals surface area contributed by atoms with Crippen LogP contribution in [0.3, 0.4) is 0 Å². The number of aromatic nitrogens is 6. The van der Waals surface area contributed by atoms with Gasteiger partial charge in [-0.05, 0) is 12.8 Å². The molecule has 0 unspecified atom stereocenters. The molecule has 1 aliphatic carbocycles. The summed E-state index contributed by atoms with van der Waals surface area (Å²) in [6.45, 7) is 0.567. The molecule has 3 heterocycles. The predicted octanol–water partition coefficient (Wildman–Crippen LogP) is 1.34. The Morgan fingerprint density at radius 2 is 2.12 bits per heavy atom. The minimum absolute atomic E-state index is 0.226. The highest BCUT2D eigenvalue weighted by atomic mass is 16.1. The molecule has 0 spiro atoms. The van der Waals surface area contributed by atoms with Crippen molar-refractivity contribution in [1.82, 2.24) is 29.7 Å². The van der Waals surface area contributed by atoms with Gasteiger partial charge in [0.15, 0.2) is 5.65 Å². The van der Waals surface area contributed by atoms with Crippen LogP contribution in [0, 0.1) is 0 Å². The lowest BCUT2D eigenvalue weighted by molar-refractivity contribution is 0.667. The zero-order valence-electron chi connectivity index (χ0n) is 14.7. The second-order valence-corrected chi connectivity index (χ2v) is 6.71. The average molecular weight is 354 g/mol. The van der Waals surface area contributed by atoms with E-state index in [4.69, 9.17) is 15.7 Å². The second-order valence-electron chi connectivity index (χ2n) is 6.71. The first-order chi connectivity index (χ1) is 12.6. The van der Waals surface area contributed by atoms with Gasteiger partial charge >= 0.3 is 0 Å². The van der Waals surface area contributed by atoms with Crippen LogP contribution in [0.4, 0.5) is 11.6 Å². The Morgan fingerprint density at radius 1 is 1.31 bits per heavy atom. The third-order valence-corrected chi connectivity index (χ3v) is 4.79. The Labute approximate surface area is 150 Å². The molecule has 1 fully saturated rings. The van der Waals surface area contributed by atoms with Crippen LogP contribution in [0.2, 0.25) is 0 Å². The number of hydrogen-bond acceptors (Lipinski definition) is 7. The van der Waals surface area contributed by atoms with Crippen molar-refractivity contribution in [3.05, 3.63) is 34.3 Å². The molecule has 0 saturated heterocycles. The van der Waals surface area contributed by atoms with Crippen LogP contribution in [-0.4, -0.2) is 36.3 Å². The summed E-state index contributed by atoms with van der Waals surface area (Å²) in [6.07, 6.45) is 7.04. The summed E-state index contributed by atoms with van der Waals surface area (Å²) in [7, 11) is 1.89. The molecule has 3 aromatic heterocycles. The maximum absolute atomic E-state index is 11.5. The lowest BCUT2D eigenvalue weighted by Crippen LogP contribution is -2.16. The van der Waals surface area contributed by atoms with Crippen molar-refractivity contribution in [3.63, 3.8) is 0 Å². The molecule has 9 heteroatoms. The van der Waals surface area contributed by atoms with Crippen molar-refractivity contribution >= 4 is 22.7 Å². The summed E-state index contributed by atoms with van der Waals surface area (Å²) >= 11 is 0. The standard InChI is InChI=1S/C17H22N8O/c1-25-17-11(9-20-25)16(23-15(24-17)10-4-2-3-5-10)19-7-6-13-21-12(18)8-14(26)22-13/h8-10H,2-7H2,1H3,(H,19,23,24)(H3,18,21,22,26). The number of nitrogens with two attached hydrogens (primary N) is 1. The van der Waals surface area contributed by atoms with Crippen molar-refractivity contribution in [2.24, 2.45) is 7.05 Å². The fourth-order valence-electron chi connectivity index (χ4n) is 3.49. The first kappa shape index (κ1) is 16.5. The van der Waals surface area contributed by atoms with E-state index in [9.17, 15) is 4.79 Å². The molecule has 0 aliphatic heterocycles. The number of hydrogen-bond donors (Lipinski definition) is 3. The molecule has 3 aromatic rings. The summed E-state index contributed by atoms with van der Waals surface area (Å²) in [4.78, 5) is 27.8. The first-order valence-corrected chi connectivity index (χ1v) is 8.89. The molecule has 0 amide bonds. The Hall–Kier alpha value is -2.97. The number of aryl methyl sites for hydroxylation is 1. The zero-order valence-corrected chi connectivity index (χ0v) is 14.7. The molecule has 9 nitrogen and oxygen atoms in total. The molecular weight excluding hydrogens is 332 g/mol. The monoisotopic (exact) mass is 354 g/mol. The summed E-state index contributed by atoms with van der Waals surface area (Å²) < 4.78 is 1.78. The second kappa shape index (κ2) is 6.74. The highest BCUT2D eigenvalue weighted by Gasteiger charge is 2.22. The van der Waals surface area contributed by atoms with Gasteiger partial charge < -0.3 is 16.0 Å². The van der Waals surface area contributed by atoms with Crippen molar-refractivity contribution in [1.29, 1.82) is 0 Å². The van der Waals surface area contributed by atoms with Gasteiger partial charge in [0, 0.05) is 32.0 Å². The number of nitrogens with one attached hydrogen (secondary N) is 2. The Bertz CT molecular complexity index is 986. The van der Waals surface area contributed by atoms with Crippen molar-refractivity contribution in [3.8, 4) is 0 Å². The molecular formula is C17H22N8O. The number of nitrogen functional groups attached to an aromatic ring is 1. The fourth-order valence-corrected chi connectivity index (χ4v) is 3.49. The normalized spacial score (nSPS) is 15.0.